The first-order valence-corrected chi connectivity index (χ1v) is 7.16. The fraction of sp³-hybridized carbons (Fsp3) is 0.923. The Morgan fingerprint density at radius 3 is 2.56 bits per heavy atom. The monoisotopic (exact) mass is 241 g/mol. The minimum Gasteiger partial charge on any atom is -0.396 e. The van der Waals surface area contributed by atoms with E-state index in [0.29, 0.717) is 16.6 Å². The van der Waals surface area contributed by atoms with Gasteiger partial charge in [-0.05, 0) is 30.6 Å². The van der Waals surface area contributed by atoms with Crippen LogP contribution in [0.2, 0.25) is 0 Å². The van der Waals surface area contributed by atoms with Crippen molar-refractivity contribution in [3.8, 4) is 6.07 Å². The van der Waals surface area contributed by atoms with E-state index >= 15 is 0 Å². The van der Waals surface area contributed by atoms with Crippen LogP contribution < -0.4 is 0 Å². The molecule has 2 nitrogen and oxygen atoms in total. The van der Waals surface area contributed by atoms with Crippen LogP contribution in [0.1, 0.15) is 40.0 Å². The van der Waals surface area contributed by atoms with Crippen molar-refractivity contribution in [3.05, 3.63) is 0 Å². The highest BCUT2D eigenvalue weighted by Crippen LogP contribution is 2.43. The molecule has 0 heterocycles. The molecule has 3 heteroatoms. The lowest BCUT2D eigenvalue weighted by atomic mass is 9.70. The summed E-state index contributed by atoms with van der Waals surface area (Å²) < 4.78 is 0. The van der Waals surface area contributed by atoms with E-state index in [-0.39, 0.29) is 12.5 Å². The van der Waals surface area contributed by atoms with Crippen LogP contribution in [0, 0.1) is 28.6 Å². The molecule has 3 unspecified atom stereocenters. The molecule has 1 saturated carbocycles. The number of aliphatic hydroxyl groups is 1. The second-order valence-corrected chi connectivity index (χ2v) is 7.09. The summed E-state index contributed by atoms with van der Waals surface area (Å²) in [6.45, 7) is 7.09. The van der Waals surface area contributed by atoms with E-state index in [2.05, 4.69) is 26.8 Å². The fourth-order valence-electron chi connectivity index (χ4n) is 2.45. The third-order valence-electron chi connectivity index (χ3n) is 3.61. The van der Waals surface area contributed by atoms with Gasteiger partial charge in [0, 0.05) is 11.0 Å². The Balaban J connectivity index is 2.59. The van der Waals surface area contributed by atoms with E-state index < -0.39 is 0 Å². The number of nitriles is 1. The molecule has 1 fully saturated rings. The van der Waals surface area contributed by atoms with Gasteiger partial charge in [0.1, 0.15) is 0 Å². The Kier molecular flexibility index (Phi) is 5.14. The number of hydrogen-bond acceptors (Lipinski definition) is 3. The molecule has 1 aliphatic carbocycles. The smallest absolute Gasteiger partial charge is 0.0667 e. The number of rotatable bonds is 3. The molecule has 1 rings (SSSR count). The lowest BCUT2D eigenvalue weighted by Gasteiger charge is -2.39. The number of aliphatic hydroxyl groups excluding tert-OH is 1. The van der Waals surface area contributed by atoms with Gasteiger partial charge in [-0.25, -0.2) is 0 Å². The molecule has 0 amide bonds. The molecule has 16 heavy (non-hydrogen) atoms. The molecule has 3 atom stereocenters. The Morgan fingerprint density at radius 1 is 1.38 bits per heavy atom. The van der Waals surface area contributed by atoms with Crippen LogP contribution in [0.15, 0.2) is 0 Å². The Bertz CT molecular complexity index is 254. The van der Waals surface area contributed by atoms with Crippen LogP contribution in [0.3, 0.4) is 0 Å². The summed E-state index contributed by atoms with van der Waals surface area (Å²) in [4.78, 5) is 0. The normalized spacial score (nSPS) is 31.1. The predicted octanol–water partition coefficient (Wildman–Crippen LogP) is 3.07. The van der Waals surface area contributed by atoms with Crippen molar-refractivity contribution < 1.29 is 5.11 Å². The van der Waals surface area contributed by atoms with Gasteiger partial charge in [-0.1, -0.05) is 20.8 Å². The standard InChI is InChI=1S/C13H23NOS/c1-13(2,3)11-5-4-10(9-14)12(8-11)16-7-6-15/h10-12,15H,4-8H2,1-3H3. The first-order valence-electron chi connectivity index (χ1n) is 6.11. The van der Waals surface area contributed by atoms with Crippen molar-refractivity contribution in [3.63, 3.8) is 0 Å². The van der Waals surface area contributed by atoms with Gasteiger partial charge in [-0.15, -0.1) is 0 Å². The van der Waals surface area contributed by atoms with Crippen molar-refractivity contribution in [2.24, 2.45) is 17.3 Å². The van der Waals surface area contributed by atoms with E-state index in [1.165, 1.54) is 6.42 Å². The minimum atomic E-state index is 0.190. The molecule has 0 saturated heterocycles. The number of hydrogen-bond donors (Lipinski definition) is 1. The van der Waals surface area contributed by atoms with Crippen molar-refractivity contribution in [2.75, 3.05) is 12.4 Å². The molecule has 0 aromatic carbocycles. The van der Waals surface area contributed by atoms with Gasteiger partial charge in [-0.3, -0.25) is 0 Å². The van der Waals surface area contributed by atoms with Gasteiger partial charge in [0.2, 0.25) is 0 Å². The maximum absolute atomic E-state index is 9.12. The molecule has 0 radical (unpaired) electrons. The molecular formula is C13H23NOS. The van der Waals surface area contributed by atoms with Crippen LogP contribution in [0.25, 0.3) is 0 Å². The van der Waals surface area contributed by atoms with E-state index in [1.807, 2.05) is 0 Å². The summed E-state index contributed by atoms with van der Waals surface area (Å²) >= 11 is 1.78. The zero-order chi connectivity index (χ0) is 12.2. The lowest BCUT2D eigenvalue weighted by molar-refractivity contribution is 0.169. The Labute approximate surface area is 103 Å². The van der Waals surface area contributed by atoms with Crippen LogP contribution in [0.5, 0.6) is 0 Å². The van der Waals surface area contributed by atoms with Crippen molar-refractivity contribution in [1.29, 1.82) is 5.26 Å². The first-order chi connectivity index (χ1) is 7.49. The summed E-state index contributed by atoms with van der Waals surface area (Å²) in [5, 5.41) is 18.4. The molecule has 0 spiro atoms. The second kappa shape index (κ2) is 5.93. The van der Waals surface area contributed by atoms with Crippen molar-refractivity contribution >= 4 is 11.8 Å². The lowest BCUT2D eigenvalue weighted by Crippen LogP contribution is -2.33. The summed E-state index contributed by atoms with van der Waals surface area (Å²) in [6, 6.07) is 2.43. The summed E-state index contributed by atoms with van der Waals surface area (Å²) in [6.07, 6.45) is 3.34. The molecule has 0 aliphatic heterocycles. The average molecular weight is 241 g/mol. The third kappa shape index (κ3) is 3.68. The molecular weight excluding hydrogens is 218 g/mol. The zero-order valence-corrected chi connectivity index (χ0v) is 11.4. The minimum absolute atomic E-state index is 0.190. The van der Waals surface area contributed by atoms with Gasteiger partial charge in [0.05, 0.1) is 18.6 Å². The van der Waals surface area contributed by atoms with E-state index in [0.717, 1.165) is 18.6 Å². The highest BCUT2D eigenvalue weighted by molar-refractivity contribution is 7.99. The summed E-state index contributed by atoms with van der Waals surface area (Å²) in [5.41, 5.74) is 0.346. The van der Waals surface area contributed by atoms with E-state index in [4.69, 9.17) is 10.4 Å². The second-order valence-electron chi connectivity index (χ2n) is 5.74. The van der Waals surface area contributed by atoms with Gasteiger partial charge < -0.3 is 5.11 Å². The van der Waals surface area contributed by atoms with Crippen LogP contribution >= 0.6 is 11.8 Å². The van der Waals surface area contributed by atoms with E-state index in [9.17, 15) is 0 Å². The fourth-order valence-corrected chi connectivity index (χ4v) is 3.66. The average Bonchev–Trinajstić information content (AvgIpc) is 2.24. The maximum atomic E-state index is 9.12. The molecule has 0 aromatic heterocycles. The van der Waals surface area contributed by atoms with Crippen LogP contribution in [0.4, 0.5) is 0 Å². The largest absolute Gasteiger partial charge is 0.396 e. The zero-order valence-electron chi connectivity index (χ0n) is 10.6. The first kappa shape index (κ1) is 13.9. The van der Waals surface area contributed by atoms with Gasteiger partial charge in [0.25, 0.3) is 0 Å². The topological polar surface area (TPSA) is 44.0 Å². The summed E-state index contributed by atoms with van der Waals surface area (Å²) in [7, 11) is 0. The highest BCUT2D eigenvalue weighted by Gasteiger charge is 2.35. The highest BCUT2D eigenvalue weighted by atomic mass is 32.2. The van der Waals surface area contributed by atoms with Gasteiger partial charge >= 0.3 is 0 Å². The molecule has 1 aliphatic rings. The third-order valence-corrected chi connectivity index (χ3v) is 4.97. The molecule has 1 N–H and O–H groups in total. The van der Waals surface area contributed by atoms with Gasteiger partial charge in [-0.2, -0.15) is 17.0 Å². The van der Waals surface area contributed by atoms with Crippen molar-refractivity contribution in [2.45, 2.75) is 45.3 Å². The maximum Gasteiger partial charge on any atom is 0.0667 e. The quantitative estimate of drug-likeness (QED) is 0.826. The Hall–Kier alpha value is -0.200. The Morgan fingerprint density at radius 2 is 2.06 bits per heavy atom. The van der Waals surface area contributed by atoms with Gasteiger partial charge in [0.15, 0.2) is 0 Å². The van der Waals surface area contributed by atoms with Crippen molar-refractivity contribution in [1.82, 2.24) is 0 Å². The molecule has 0 bridgehead atoms. The summed E-state index contributed by atoms with van der Waals surface area (Å²) in [5.74, 6) is 1.67. The number of thioether (sulfide) groups is 1. The molecule has 0 aromatic rings. The molecule has 92 valence electrons. The van der Waals surface area contributed by atoms with Crippen LogP contribution in [-0.2, 0) is 0 Å². The number of nitrogens with zero attached hydrogens (tertiary/aromatic N) is 1. The van der Waals surface area contributed by atoms with Crippen LogP contribution in [-0.4, -0.2) is 22.7 Å². The van der Waals surface area contributed by atoms with E-state index in [1.54, 1.807) is 11.8 Å². The predicted molar refractivity (Wildman–Crippen MR) is 69.2 cm³/mol. The SMILES string of the molecule is CC(C)(C)C1CCC(C#N)C(SCCO)C1.